The largest absolute Gasteiger partial charge is 0.323 e. The molecule has 0 aliphatic heterocycles. The molecule has 88 valence electrons. The Hall–Kier alpha value is -2.73. The standard InChI is InChI=1S/C15H12N2O/c1-2-12-7-6-10-14(11-12)17-15(18)16-13-8-4-3-5-9-13/h1,3-11H,(H2,16,17,18). The zero-order valence-corrected chi connectivity index (χ0v) is 9.68. The highest BCUT2D eigenvalue weighted by Gasteiger charge is 2.02. The molecule has 2 rings (SSSR count). The Balaban J connectivity index is 2.01. The first-order chi connectivity index (χ1) is 8.78. The second kappa shape index (κ2) is 5.55. The van der Waals surface area contributed by atoms with E-state index in [0.29, 0.717) is 5.69 Å². The van der Waals surface area contributed by atoms with Crippen LogP contribution in [0.5, 0.6) is 0 Å². The van der Waals surface area contributed by atoms with Crippen LogP contribution in [0.4, 0.5) is 16.2 Å². The van der Waals surface area contributed by atoms with Crippen molar-refractivity contribution in [1.29, 1.82) is 0 Å². The molecule has 2 aromatic carbocycles. The number of hydrogen-bond acceptors (Lipinski definition) is 1. The van der Waals surface area contributed by atoms with Gasteiger partial charge in [-0.25, -0.2) is 4.79 Å². The molecule has 18 heavy (non-hydrogen) atoms. The molecule has 0 spiro atoms. The molecule has 3 nitrogen and oxygen atoms in total. The first kappa shape index (κ1) is 11.7. The van der Waals surface area contributed by atoms with Gasteiger partial charge in [-0.1, -0.05) is 30.2 Å². The second-order valence-electron chi connectivity index (χ2n) is 3.67. The minimum Gasteiger partial charge on any atom is -0.308 e. The van der Waals surface area contributed by atoms with Gasteiger partial charge in [0.15, 0.2) is 0 Å². The van der Waals surface area contributed by atoms with Gasteiger partial charge in [-0.05, 0) is 30.3 Å². The van der Waals surface area contributed by atoms with E-state index < -0.39 is 0 Å². The highest BCUT2D eigenvalue weighted by Crippen LogP contribution is 2.11. The molecule has 2 aromatic rings. The summed E-state index contributed by atoms with van der Waals surface area (Å²) in [5, 5.41) is 5.45. The molecule has 0 saturated heterocycles. The summed E-state index contributed by atoms with van der Waals surface area (Å²) in [5.74, 6) is 2.52. The average Bonchev–Trinajstić information content (AvgIpc) is 2.40. The number of nitrogens with one attached hydrogen (secondary N) is 2. The normalized spacial score (nSPS) is 9.28. The van der Waals surface area contributed by atoms with Gasteiger partial charge in [0.1, 0.15) is 0 Å². The molecule has 2 amide bonds. The van der Waals surface area contributed by atoms with E-state index in [9.17, 15) is 4.79 Å². The topological polar surface area (TPSA) is 41.1 Å². The molecule has 0 bridgehead atoms. The summed E-state index contributed by atoms with van der Waals surface area (Å²) in [6.45, 7) is 0. The number of rotatable bonds is 2. The van der Waals surface area contributed by atoms with E-state index in [0.717, 1.165) is 11.3 Å². The quantitative estimate of drug-likeness (QED) is 0.772. The Morgan fingerprint density at radius 1 is 0.944 bits per heavy atom. The van der Waals surface area contributed by atoms with Crippen LogP contribution in [0, 0.1) is 12.3 Å². The van der Waals surface area contributed by atoms with Gasteiger partial charge in [0, 0.05) is 16.9 Å². The predicted molar refractivity (Wildman–Crippen MR) is 73.5 cm³/mol. The van der Waals surface area contributed by atoms with Crippen LogP contribution in [0.3, 0.4) is 0 Å². The average molecular weight is 236 g/mol. The third-order valence-corrected chi connectivity index (χ3v) is 2.32. The number of carbonyl (C=O) groups is 1. The molecule has 0 unspecified atom stereocenters. The number of para-hydroxylation sites is 1. The molecular formula is C15H12N2O. The number of urea groups is 1. The molecule has 2 N–H and O–H groups in total. The minimum absolute atomic E-state index is 0.296. The fourth-order valence-electron chi connectivity index (χ4n) is 1.50. The van der Waals surface area contributed by atoms with Crippen molar-refractivity contribution in [2.45, 2.75) is 0 Å². The zero-order chi connectivity index (χ0) is 12.8. The molecule has 0 radical (unpaired) electrons. The highest BCUT2D eigenvalue weighted by atomic mass is 16.2. The van der Waals surface area contributed by atoms with Crippen LogP contribution in [0.1, 0.15) is 5.56 Å². The van der Waals surface area contributed by atoms with Gasteiger partial charge in [-0.15, -0.1) is 6.42 Å². The van der Waals surface area contributed by atoms with Crippen LogP contribution >= 0.6 is 0 Å². The summed E-state index contributed by atoms with van der Waals surface area (Å²) in [4.78, 5) is 11.7. The van der Waals surface area contributed by atoms with Crippen molar-refractivity contribution >= 4 is 17.4 Å². The SMILES string of the molecule is C#Cc1cccc(NC(=O)Nc2ccccc2)c1. The maximum Gasteiger partial charge on any atom is 0.323 e. The molecule has 0 heterocycles. The maximum atomic E-state index is 11.7. The highest BCUT2D eigenvalue weighted by molar-refractivity contribution is 5.99. The molecule has 0 aliphatic carbocycles. The number of terminal acetylenes is 1. The van der Waals surface area contributed by atoms with Crippen LogP contribution in [-0.4, -0.2) is 6.03 Å². The summed E-state index contributed by atoms with van der Waals surface area (Å²) in [6.07, 6.45) is 5.29. The summed E-state index contributed by atoms with van der Waals surface area (Å²) < 4.78 is 0. The molecular weight excluding hydrogens is 224 g/mol. The van der Waals surface area contributed by atoms with Crippen molar-refractivity contribution in [1.82, 2.24) is 0 Å². The molecule has 0 saturated carbocycles. The van der Waals surface area contributed by atoms with E-state index in [1.165, 1.54) is 0 Å². The lowest BCUT2D eigenvalue weighted by Gasteiger charge is -2.07. The Bertz CT molecular complexity index is 585. The van der Waals surface area contributed by atoms with Crippen molar-refractivity contribution in [3.63, 3.8) is 0 Å². The van der Waals surface area contributed by atoms with Crippen LogP contribution in [0.15, 0.2) is 54.6 Å². The van der Waals surface area contributed by atoms with Crippen molar-refractivity contribution in [2.24, 2.45) is 0 Å². The lowest BCUT2D eigenvalue weighted by molar-refractivity contribution is 0.262. The third-order valence-electron chi connectivity index (χ3n) is 2.32. The predicted octanol–water partition coefficient (Wildman–Crippen LogP) is 3.31. The number of carbonyl (C=O) groups excluding carboxylic acids is 1. The molecule has 0 fully saturated rings. The van der Waals surface area contributed by atoms with Crippen molar-refractivity contribution in [3.8, 4) is 12.3 Å². The van der Waals surface area contributed by atoms with Crippen LogP contribution < -0.4 is 10.6 Å². The smallest absolute Gasteiger partial charge is 0.308 e. The van der Waals surface area contributed by atoms with E-state index in [-0.39, 0.29) is 6.03 Å². The fraction of sp³-hybridized carbons (Fsp3) is 0. The van der Waals surface area contributed by atoms with Crippen molar-refractivity contribution in [3.05, 3.63) is 60.2 Å². The maximum absolute atomic E-state index is 11.7. The van der Waals surface area contributed by atoms with Crippen molar-refractivity contribution < 1.29 is 4.79 Å². The van der Waals surface area contributed by atoms with E-state index in [1.807, 2.05) is 30.3 Å². The van der Waals surface area contributed by atoms with Gasteiger partial charge >= 0.3 is 6.03 Å². The molecule has 0 aromatic heterocycles. The Labute approximate surface area is 106 Å². The monoisotopic (exact) mass is 236 g/mol. The zero-order valence-electron chi connectivity index (χ0n) is 9.68. The lowest BCUT2D eigenvalue weighted by Crippen LogP contribution is -2.19. The number of hydrogen-bond donors (Lipinski definition) is 2. The molecule has 0 aliphatic rings. The van der Waals surface area contributed by atoms with Gasteiger partial charge in [-0.2, -0.15) is 0 Å². The van der Waals surface area contributed by atoms with Gasteiger partial charge in [0.05, 0.1) is 0 Å². The molecule has 0 atom stereocenters. The number of anilines is 2. The fourth-order valence-corrected chi connectivity index (χ4v) is 1.50. The van der Waals surface area contributed by atoms with Gasteiger partial charge in [-0.3, -0.25) is 0 Å². The van der Waals surface area contributed by atoms with Crippen molar-refractivity contribution in [2.75, 3.05) is 10.6 Å². The number of benzene rings is 2. The molecule has 3 heteroatoms. The Morgan fingerprint density at radius 3 is 2.33 bits per heavy atom. The summed E-state index contributed by atoms with van der Waals surface area (Å²) in [5.41, 5.74) is 2.13. The summed E-state index contributed by atoms with van der Waals surface area (Å²) >= 11 is 0. The van der Waals surface area contributed by atoms with Crippen LogP contribution in [0.2, 0.25) is 0 Å². The summed E-state index contributed by atoms with van der Waals surface area (Å²) in [6, 6.07) is 16.1. The van der Waals surface area contributed by atoms with Gasteiger partial charge < -0.3 is 10.6 Å². The van der Waals surface area contributed by atoms with Gasteiger partial charge in [0.2, 0.25) is 0 Å². The van der Waals surface area contributed by atoms with Crippen LogP contribution in [0.25, 0.3) is 0 Å². The first-order valence-corrected chi connectivity index (χ1v) is 5.47. The van der Waals surface area contributed by atoms with Crippen LogP contribution in [-0.2, 0) is 0 Å². The van der Waals surface area contributed by atoms with E-state index in [1.54, 1.807) is 24.3 Å². The third kappa shape index (κ3) is 3.13. The summed E-state index contributed by atoms with van der Waals surface area (Å²) in [7, 11) is 0. The van der Waals surface area contributed by atoms with E-state index in [4.69, 9.17) is 6.42 Å². The second-order valence-corrected chi connectivity index (χ2v) is 3.67. The van der Waals surface area contributed by atoms with E-state index in [2.05, 4.69) is 16.6 Å². The Morgan fingerprint density at radius 2 is 1.61 bits per heavy atom. The minimum atomic E-state index is -0.296. The van der Waals surface area contributed by atoms with Gasteiger partial charge in [0.25, 0.3) is 0 Å². The lowest BCUT2D eigenvalue weighted by atomic mass is 10.2. The van der Waals surface area contributed by atoms with E-state index >= 15 is 0 Å². The Kier molecular flexibility index (Phi) is 3.62. The number of amides is 2. The first-order valence-electron chi connectivity index (χ1n) is 5.47.